The number of hydrogen-bond acceptors (Lipinski definition) is 2. The predicted octanol–water partition coefficient (Wildman–Crippen LogP) is 3.93. The van der Waals surface area contributed by atoms with Crippen LogP contribution in [0.4, 0.5) is 0 Å². The maximum Gasteiger partial charge on any atom is 0.246 e. The lowest BCUT2D eigenvalue weighted by molar-refractivity contribution is -0.206. The standard InChI is InChI=1S/C18H29NO2/c1-16-7-14-8-17(2,11-16)13-18(9-14,12-16)10-15(20)19-5-3-4-6-21-19/h14H,3-13H2,1-2H3. The molecule has 5 rings (SSSR count). The molecular weight excluding hydrogens is 262 g/mol. The number of hydrogen-bond donors (Lipinski definition) is 0. The quantitative estimate of drug-likeness (QED) is 0.771. The summed E-state index contributed by atoms with van der Waals surface area (Å²) in [5, 5.41) is 1.67. The molecule has 5 aliphatic rings. The average molecular weight is 291 g/mol. The van der Waals surface area contributed by atoms with Crippen LogP contribution in [-0.4, -0.2) is 24.1 Å². The first-order chi connectivity index (χ1) is 9.90. The van der Waals surface area contributed by atoms with Gasteiger partial charge in [0.05, 0.1) is 6.61 Å². The predicted molar refractivity (Wildman–Crippen MR) is 81.4 cm³/mol. The van der Waals surface area contributed by atoms with Gasteiger partial charge < -0.3 is 0 Å². The highest BCUT2D eigenvalue weighted by molar-refractivity contribution is 5.76. The zero-order valence-electron chi connectivity index (χ0n) is 13.6. The summed E-state index contributed by atoms with van der Waals surface area (Å²) < 4.78 is 0. The molecule has 0 aromatic carbocycles. The fourth-order valence-electron chi connectivity index (χ4n) is 7.08. The van der Waals surface area contributed by atoms with E-state index in [1.807, 2.05) is 0 Å². The van der Waals surface area contributed by atoms with Crippen LogP contribution in [0, 0.1) is 22.2 Å². The number of carbonyl (C=O) groups excluding carboxylic acids is 1. The second-order valence-electron chi connectivity index (χ2n) is 9.34. The summed E-state index contributed by atoms with van der Waals surface area (Å²) in [7, 11) is 0. The Morgan fingerprint density at radius 3 is 2.38 bits per heavy atom. The van der Waals surface area contributed by atoms with E-state index < -0.39 is 0 Å². The molecule has 2 atom stereocenters. The van der Waals surface area contributed by atoms with Crippen molar-refractivity contribution in [3.63, 3.8) is 0 Å². The van der Waals surface area contributed by atoms with Crippen LogP contribution in [0.5, 0.6) is 0 Å². The van der Waals surface area contributed by atoms with Crippen molar-refractivity contribution in [3.05, 3.63) is 0 Å². The molecule has 2 unspecified atom stereocenters. The number of amides is 1. The Balaban J connectivity index is 1.52. The molecule has 1 saturated heterocycles. The zero-order valence-corrected chi connectivity index (χ0v) is 13.6. The van der Waals surface area contributed by atoms with Gasteiger partial charge in [-0.25, -0.2) is 5.06 Å². The largest absolute Gasteiger partial charge is 0.273 e. The van der Waals surface area contributed by atoms with E-state index in [0.29, 0.717) is 10.8 Å². The highest BCUT2D eigenvalue weighted by Crippen LogP contribution is 2.70. The van der Waals surface area contributed by atoms with E-state index in [9.17, 15) is 4.79 Å². The van der Waals surface area contributed by atoms with Gasteiger partial charge in [-0.3, -0.25) is 9.63 Å². The summed E-state index contributed by atoms with van der Waals surface area (Å²) in [6.07, 6.45) is 10.9. The monoisotopic (exact) mass is 291 g/mol. The Morgan fingerprint density at radius 2 is 1.81 bits per heavy atom. The van der Waals surface area contributed by atoms with Crippen molar-refractivity contribution >= 4 is 5.91 Å². The minimum atomic E-state index is 0.254. The number of hydroxylamine groups is 2. The lowest BCUT2D eigenvalue weighted by Crippen LogP contribution is -2.56. The lowest BCUT2D eigenvalue weighted by Gasteiger charge is -2.65. The van der Waals surface area contributed by atoms with Gasteiger partial charge in [0.2, 0.25) is 5.91 Å². The molecule has 1 aliphatic heterocycles. The third-order valence-corrected chi connectivity index (χ3v) is 6.55. The molecule has 1 amide bonds. The van der Waals surface area contributed by atoms with E-state index in [4.69, 9.17) is 4.84 Å². The van der Waals surface area contributed by atoms with Gasteiger partial charge in [-0.2, -0.15) is 0 Å². The number of nitrogens with zero attached hydrogens (tertiary/aromatic N) is 1. The van der Waals surface area contributed by atoms with Crippen molar-refractivity contribution in [2.45, 2.75) is 71.6 Å². The van der Waals surface area contributed by atoms with Gasteiger partial charge in [0.25, 0.3) is 0 Å². The third-order valence-electron chi connectivity index (χ3n) is 6.55. The summed E-state index contributed by atoms with van der Waals surface area (Å²) in [4.78, 5) is 18.3. The minimum absolute atomic E-state index is 0.254. The molecule has 0 aromatic heterocycles. The highest BCUT2D eigenvalue weighted by Gasteiger charge is 2.60. The van der Waals surface area contributed by atoms with Gasteiger partial charge in [-0.1, -0.05) is 13.8 Å². The molecule has 0 radical (unpaired) electrons. The Hall–Kier alpha value is -0.570. The highest BCUT2D eigenvalue weighted by atomic mass is 16.7. The molecule has 0 N–H and O–H groups in total. The van der Waals surface area contributed by atoms with Crippen LogP contribution in [0.1, 0.15) is 71.6 Å². The van der Waals surface area contributed by atoms with Gasteiger partial charge in [0, 0.05) is 13.0 Å². The second kappa shape index (κ2) is 4.47. The Kier molecular flexibility index (Phi) is 2.99. The van der Waals surface area contributed by atoms with Crippen LogP contribution in [0.2, 0.25) is 0 Å². The molecule has 21 heavy (non-hydrogen) atoms. The molecular formula is C18H29NO2. The first kappa shape index (κ1) is 14.0. The van der Waals surface area contributed by atoms with Gasteiger partial charge in [-0.05, 0) is 73.5 Å². The molecule has 0 spiro atoms. The van der Waals surface area contributed by atoms with Crippen molar-refractivity contribution in [2.24, 2.45) is 22.2 Å². The number of carbonyl (C=O) groups is 1. The summed E-state index contributed by atoms with van der Waals surface area (Å²) in [6.45, 7) is 6.47. The maximum absolute atomic E-state index is 12.7. The van der Waals surface area contributed by atoms with Crippen molar-refractivity contribution in [1.82, 2.24) is 5.06 Å². The fourth-order valence-corrected chi connectivity index (χ4v) is 7.08. The molecule has 118 valence electrons. The summed E-state index contributed by atoms with van der Waals surface area (Å²) in [6, 6.07) is 0. The maximum atomic E-state index is 12.7. The Labute approximate surface area is 128 Å². The molecule has 0 aromatic rings. The van der Waals surface area contributed by atoms with Crippen LogP contribution >= 0.6 is 0 Å². The van der Waals surface area contributed by atoms with Gasteiger partial charge in [0.15, 0.2) is 0 Å². The number of rotatable bonds is 2. The van der Waals surface area contributed by atoms with E-state index >= 15 is 0 Å². The van der Waals surface area contributed by atoms with Crippen LogP contribution in [0.15, 0.2) is 0 Å². The van der Waals surface area contributed by atoms with Crippen LogP contribution < -0.4 is 0 Å². The van der Waals surface area contributed by atoms with E-state index in [1.165, 1.54) is 38.5 Å². The first-order valence-corrected chi connectivity index (χ1v) is 8.83. The summed E-state index contributed by atoms with van der Waals surface area (Å²) >= 11 is 0. The second-order valence-corrected chi connectivity index (χ2v) is 9.34. The Morgan fingerprint density at radius 1 is 1.10 bits per heavy atom. The van der Waals surface area contributed by atoms with Crippen molar-refractivity contribution in [2.75, 3.05) is 13.2 Å². The van der Waals surface area contributed by atoms with E-state index in [1.54, 1.807) is 5.06 Å². The van der Waals surface area contributed by atoms with E-state index in [0.717, 1.165) is 38.3 Å². The van der Waals surface area contributed by atoms with Gasteiger partial charge >= 0.3 is 0 Å². The third kappa shape index (κ3) is 2.42. The normalized spacial score (nSPS) is 48.7. The van der Waals surface area contributed by atoms with E-state index in [-0.39, 0.29) is 11.3 Å². The molecule has 5 fully saturated rings. The first-order valence-electron chi connectivity index (χ1n) is 8.83. The molecule has 4 aliphatic carbocycles. The van der Waals surface area contributed by atoms with Gasteiger partial charge in [0.1, 0.15) is 0 Å². The lowest BCUT2D eigenvalue weighted by atomic mass is 9.40. The summed E-state index contributed by atoms with van der Waals surface area (Å²) in [5.41, 5.74) is 1.27. The minimum Gasteiger partial charge on any atom is -0.273 e. The fraction of sp³-hybridized carbons (Fsp3) is 0.944. The van der Waals surface area contributed by atoms with Crippen LogP contribution in [0.25, 0.3) is 0 Å². The summed E-state index contributed by atoms with van der Waals surface area (Å²) in [5.74, 6) is 1.12. The molecule has 1 heterocycles. The Bertz CT molecular complexity index is 436. The van der Waals surface area contributed by atoms with Crippen molar-refractivity contribution in [3.8, 4) is 0 Å². The van der Waals surface area contributed by atoms with Crippen LogP contribution in [-0.2, 0) is 9.63 Å². The average Bonchev–Trinajstić information content (AvgIpc) is 2.34. The van der Waals surface area contributed by atoms with Crippen LogP contribution in [0.3, 0.4) is 0 Å². The van der Waals surface area contributed by atoms with Gasteiger partial charge in [-0.15, -0.1) is 0 Å². The van der Waals surface area contributed by atoms with Crippen molar-refractivity contribution in [1.29, 1.82) is 0 Å². The SMILES string of the molecule is CC12CC3CC(C)(C1)CC(CC(=O)N1CCCCO1)(C3)C2. The zero-order chi connectivity index (χ0) is 14.7. The van der Waals surface area contributed by atoms with E-state index in [2.05, 4.69) is 13.8 Å². The topological polar surface area (TPSA) is 29.5 Å². The molecule has 3 nitrogen and oxygen atoms in total. The van der Waals surface area contributed by atoms with Crippen molar-refractivity contribution < 1.29 is 9.63 Å². The molecule has 3 heteroatoms. The molecule has 4 saturated carbocycles. The smallest absolute Gasteiger partial charge is 0.246 e. The molecule has 4 bridgehead atoms.